The molecule has 1 heterocycles. The molecule has 0 spiro atoms. The fraction of sp³-hybridized carbons (Fsp3) is 0.750. The average Bonchev–Trinajstić information content (AvgIpc) is 2.79. The second kappa shape index (κ2) is 9.36. The molecule has 0 radical (unpaired) electrons. The van der Waals surface area contributed by atoms with E-state index < -0.39 is 54.4 Å². The Morgan fingerprint density at radius 1 is 0.880 bits per heavy atom. The molecule has 0 aromatic heterocycles. The molecule has 0 aromatic rings. The molecule has 0 N–H and O–H groups in total. The Kier molecular flexibility index (Phi) is 7.82. The van der Waals surface area contributed by atoms with Crippen LogP contribution in [0, 0.1) is 0 Å². The Morgan fingerprint density at radius 3 is 1.88 bits per heavy atom. The second-order valence-electron chi connectivity index (χ2n) is 5.65. The SMILES string of the molecule is CC[C@@H]1O[C@H](C(COC(C)=O)OC(C)=O)[C@H](OC(C)=O)[C@H]1OC(C)=O. The first-order valence-corrected chi connectivity index (χ1v) is 7.96. The summed E-state index contributed by atoms with van der Waals surface area (Å²) in [6.07, 6.45) is -3.90. The topological polar surface area (TPSA) is 114 Å². The lowest BCUT2D eigenvalue weighted by atomic mass is 10.0. The molecule has 1 aliphatic rings. The average molecular weight is 360 g/mol. The molecule has 0 aliphatic carbocycles. The molecule has 1 fully saturated rings. The summed E-state index contributed by atoms with van der Waals surface area (Å²) in [6.45, 7) is 6.36. The van der Waals surface area contributed by atoms with Gasteiger partial charge in [0, 0.05) is 27.7 Å². The minimum Gasteiger partial charge on any atom is -0.462 e. The van der Waals surface area contributed by atoms with Crippen molar-refractivity contribution in [2.45, 2.75) is 71.6 Å². The lowest BCUT2D eigenvalue weighted by Gasteiger charge is -2.27. The number of hydrogen-bond donors (Lipinski definition) is 0. The predicted octanol–water partition coefficient (Wildman–Crippen LogP) is 0.522. The van der Waals surface area contributed by atoms with E-state index in [4.69, 9.17) is 23.7 Å². The largest absolute Gasteiger partial charge is 0.462 e. The maximum atomic E-state index is 11.5. The van der Waals surface area contributed by atoms with Gasteiger partial charge in [-0.05, 0) is 6.42 Å². The van der Waals surface area contributed by atoms with Gasteiger partial charge in [0.25, 0.3) is 0 Å². The summed E-state index contributed by atoms with van der Waals surface area (Å²) in [4.78, 5) is 45.3. The van der Waals surface area contributed by atoms with Crippen molar-refractivity contribution in [3.05, 3.63) is 0 Å². The molecule has 142 valence electrons. The summed E-state index contributed by atoms with van der Waals surface area (Å²) in [5.74, 6) is -2.36. The minimum absolute atomic E-state index is 0.277. The van der Waals surface area contributed by atoms with E-state index in [1.165, 1.54) is 27.7 Å². The Hall–Kier alpha value is -2.16. The van der Waals surface area contributed by atoms with E-state index in [2.05, 4.69) is 0 Å². The lowest BCUT2D eigenvalue weighted by molar-refractivity contribution is -0.176. The molecule has 1 saturated heterocycles. The third kappa shape index (κ3) is 6.33. The molecule has 5 atom stereocenters. The first-order valence-electron chi connectivity index (χ1n) is 7.96. The van der Waals surface area contributed by atoms with Crippen molar-refractivity contribution in [1.82, 2.24) is 0 Å². The molecule has 0 bridgehead atoms. The van der Waals surface area contributed by atoms with Crippen LogP contribution in [0.3, 0.4) is 0 Å². The highest BCUT2D eigenvalue weighted by Gasteiger charge is 2.52. The van der Waals surface area contributed by atoms with Crippen molar-refractivity contribution in [2.24, 2.45) is 0 Å². The molecule has 1 unspecified atom stereocenters. The molecular formula is C16H24O9. The van der Waals surface area contributed by atoms with Gasteiger partial charge in [0.15, 0.2) is 18.3 Å². The number of rotatable bonds is 7. The first kappa shape index (κ1) is 20.9. The molecule has 9 nitrogen and oxygen atoms in total. The Labute approximate surface area is 145 Å². The number of carbonyl (C=O) groups is 4. The summed E-state index contributed by atoms with van der Waals surface area (Å²) in [6, 6.07) is 0. The molecule has 0 saturated carbocycles. The van der Waals surface area contributed by atoms with E-state index in [1.54, 1.807) is 6.92 Å². The number of ether oxygens (including phenoxy) is 5. The van der Waals surface area contributed by atoms with Crippen molar-refractivity contribution in [2.75, 3.05) is 6.61 Å². The minimum atomic E-state index is -1.01. The number of esters is 4. The van der Waals surface area contributed by atoms with E-state index >= 15 is 0 Å². The highest BCUT2D eigenvalue weighted by Crippen LogP contribution is 2.32. The fourth-order valence-corrected chi connectivity index (χ4v) is 2.65. The normalized spacial score (nSPS) is 26.4. The van der Waals surface area contributed by atoms with Gasteiger partial charge in [-0.2, -0.15) is 0 Å². The zero-order valence-corrected chi connectivity index (χ0v) is 15.0. The third-order valence-electron chi connectivity index (χ3n) is 3.49. The van der Waals surface area contributed by atoms with Crippen LogP contribution in [0.15, 0.2) is 0 Å². The maximum Gasteiger partial charge on any atom is 0.303 e. The number of carbonyl (C=O) groups excluding carboxylic acids is 4. The predicted molar refractivity (Wildman–Crippen MR) is 82.2 cm³/mol. The van der Waals surface area contributed by atoms with E-state index in [1.807, 2.05) is 0 Å². The summed E-state index contributed by atoms with van der Waals surface area (Å²) in [5, 5.41) is 0. The van der Waals surface area contributed by atoms with Gasteiger partial charge in [0.1, 0.15) is 12.7 Å². The maximum absolute atomic E-state index is 11.5. The van der Waals surface area contributed by atoms with Crippen LogP contribution in [0.1, 0.15) is 41.0 Å². The summed E-state index contributed by atoms with van der Waals surface area (Å²) >= 11 is 0. The molecule has 1 rings (SSSR count). The van der Waals surface area contributed by atoms with Gasteiger partial charge < -0.3 is 23.7 Å². The van der Waals surface area contributed by atoms with Crippen LogP contribution in [0.5, 0.6) is 0 Å². The van der Waals surface area contributed by atoms with Crippen LogP contribution in [0.4, 0.5) is 0 Å². The van der Waals surface area contributed by atoms with Gasteiger partial charge >= 0.3 is 23.9 Å². The summed E-state index contributed by atoms with van der Waals surface area (Å²) < 4.78 is 26.4. The van der Waals surface area contributed by atoms with Crippen LogP contribution in [0.25, 0.3) is 0 Å². The Bertz CT molecular complexity index is 516. The van der Waals surface area contributed by atoms with Crippen molar-refractivity contribution in [1.29, 1.82) is 0 Å². The van der Waals surface area contributed by atoms with E-state index in [9.17, 15) is 19.2 Å². The zero-order valence-electron chi connectivity index (χ0n) is 15.0. The van der Waals surface area contributed by atoms with E-state index in [-0.39, 0.29) is 6.61 Å². The van der Waals surface area contributed by atoms with Crippen molar-refractivity contribution in [3.63, 3.8) is 0 Å². The van der Waals surface area contributed by atoms with Crippen molar-refractivity contribution in [3.8, 4) is 0 Å². The molecule has 0 amide bonds. The Morgan fingerprint density at radius 2 is 1.44 bits per heavy atom. The fourth-order valence-electron chi connectivity index (χ4n) is 2.65. The van der Waals surface area contributed by atoms with Gasteiger partial charge in [-0.1, -0.05) is 6.92 Å². The van der Waals surface area contributed by atoms with Gasteiger partial charge in [-0.15, -0.1) is 0 Å². The van der Waals surface area contributed by atoms with E-state index in [0.717, 1.165) is 0 Å². The lowest BCUT2D eigenvalue weighted by Crippen LogP contribution is -2.46. The smallest absolute Gasteiger partial charge is 0.303 e. The molecule has 1 aliphatic heterocycles. The van der Waals surface area contributed by atoms with Crippen LogP contribution in [-0.2, 0) is 42.9 Å². The first-order chi connectivity index (χ1) is 11.6. The van der Waals surface area contributed by atoms with Crippen LogP contribution in [-0.4, -0.2) is 61.0 Å². The highest BCUT2D eigenvalue weighted by atomic mass is 16.7. The number of hydrogen-bond acceptors (Lipinski definition) is 9. The summed E-state index contributed by atoms with van der Waals surface area (Å²) in [5.41, 5.74) is 0. The van der Waals surface area contributed by atoms with Gasteiger partial charge in [0.05, 0.1) is 6.10 Å². The van der Waals surface area contributed by atoms with Crippen molar-refractivity contribution < 1.29 is 42.9 Å². The quantitative estimate of drug-likeness (QED) is 0.473. The highest BCUT2D eigenvalue weighted by molar-refractivity contribution is 5.68. The van der Waals surface area contributed by atoms with Crippen LogP contribution < -0.4 is 0 Å². The Balaban J connectivity index is 3.10. The zero-order chi connectivity index (χ0) is 19.1. The molecule has 25 heavy (non-hydrogen) atoms. The third-order valence-corrected chi connectivity index (χ3v) is 3.49. The standard InChI is InChI=1S/C16H24O9/c1-6-12-14(23-10(4)19)16(24-11(5)20)15(25-12)13(22-9(3)18)7-21-8(2)17/h12-16H,6-7H2,1-5H3/t12-,13?,14-,15+,16+/m0/s1. The summed E-state index contributed by atoms with van der Waals surface area (Å²) in [7, 11) is 0. The van der Waals surface area contributed by atoms with Crippen LogP contribution >= 0.6 is 0 Å². The van der Waals surface area contributed by atoms with Crippen molar-refractivity contribution >= 4 is 23.9 Å². The monoisotopic (exact) mass is 360 g/mol. The molecular weight excluding hydrogens is 336 g/mol. The van der Waals surface area contributed by atoms with E-state index in [0.29, 0.717) is 6.42 Å². The second-order valence-corrected chi connectivity index (χ2v) is 5.65. The molecule has 9 heteroatoms. The molecule has 0 aromatic carbocycles. The van der Waals surface area contributed by atoms with Gasteiger partial charge in [0.2, 0.25) is 0 Å². The van der Waals surface area contributed by atoms with Gasteiger partial charge in [-0.25, -0.2) is 0 Å². The van der Waals surface area contributed by atoms with Gasteiger partial charge in [-0.3, -0.25) is 19.2 Å². The van der Waals surface area contributed by atoms with Crippen LogP contribution in [0.2, 0.25) is 0 Å².